The van der Waals surface area contributed by atoms with Gasteiger partial charge in [0.25, 0.3) is 0 Å². The van der Waals surface area contributed by atoms with Gasteiger partial charge in [-0.05, 0) is 5.30 Å². The quantitative estimate of drug-likeness (QED) is 0.719. The van der Waals surface area contributed by atoms with Crippen molar-refractivity contribution in [2.75, 3.05) is 11.5 Å². The van der Waals surface area contributed by atoms with E-state index in [1.165, 1.54) is 37.2 Å². The van der Waals surface area contributed by atoms with Crippen molar-refractivity contribution in [1.82, 2.24) is 9.97 Å². The molecule has 0 unspecified atom stereocenters. The highest BCUT2D eigenvalue weighted by Crippen LogP contribution is 2.37. The van der Waals surface area contributed by atoms with Gasteiger partial charge in [-0.2, -0.15) is 0 Å². The first-order valence-electron chi connectivity index (χ1n) is 5.52. The third-order valence-electron chi connectivity index (χ3n) is 2.48. The van der Waals surface area contributed by atoms with Crippen LogP contribution in [0.4, 0.5) is 10.3 Å². The van der Waals surface area contributed by atoms with Gasteiger partial charge in [-0.25, -0.2) is 9.97 Å². The van der Waals surface area contributed by atoms with Crippen LogP contribution in [0, 0.1) is 0 Å². The van der Waals surface area contributed by atoms with E-state index in [9.17, 15) is 0 Å². The Morgan fingerprint density at radius 3 is 1.79 bits per heavy atom. The molecule has 0 aliphatic carbocycles. The second kappa shape index (κ2) is 5.25. The van der Waals surface area contributed by atoms with Gasteiger partial charge in [0.1, 0.15) is 0 Å². The SMILES string of the molecule is Nc1ncc(P(c2ccccc2)c2cnc(N)s2)s1. The molecule has 96 valence electrons. The topological polar surface area (TPSA) is 77.8 Å². The number of rotatable bonds is 3. The van der Waals surface area contributed by atoms with E-state index in [2.05, 4.69) is 22.1 Å². The summed E-state index contributed by atoms with van der Waals surface area (Å²) in [6.45, 7) is 0. The minimum atomic E-state index is -0.652. The Morgan fingerprint density at radius 2 is 1.37 bits per heavy atom. The van der Waals surface area contributed by atoms with Crippen molar-refractivity contribution in [2.45, 2.75) is 0 Å². The summed E-state index contributed by atoms with van der Waals surface area (Å²) in [5, 5.41) is 2.44. The van der Waals surface area contributed by atoms with Crippen LogP contribution >= 0.6 is 30.6 Å². The van der Waals surface area contributed by atoms with Crippen LogP contribution in [-0.2, 0) is 0 Å². The van der Waals surface area contributed by atoms with Gasteiger partial charge in [-0.3, -0.25) is 0 Å². The van der Waals surface area contributed by atoms with Crippen LogP contribution in [0.15, 0.2) is 42.7 Å². The van der Waals surface area contributed by atoms with Crippen LogP contribution in [0.1, 0.15) is 0 Å². The highest BCUT2D eigenvalue weighted by molar-refractivity contribution is 7.87. The standard InChI is InChI=1S/C12H11N4PS2/c13-11-15-6-9(18-11)17(8-4-2-1-3-5-8)10-7-16-12(14)19-10/h1-7H,(H2,13,15)(H2,14,16). The molecule has 3 aromatic rings. The van der Waals surface area contributed by atoms with E-state index in [4.69, 9.17) is 11.5 Å². The third-order valence-corrected chi connectivity index (χ3v) is 7.31. The van der Waals surface area contributed by atoms with Gasteiger partial charge in [-0.15, -0.1) is 0 Å². The van der Waals surface area contributed by atoms with Crippen LogP contribution in [0.2, 0.25) is 0 Å². The minimum Gasteiger partial charge on any atom is -0.375 e. The van der Waals surface area contributed by atoms with Gasteiger partial charge in [0.2, 0.25) is 0 Å². The van der Waals surface area contributed by atoms with Crippen molar-refractivity contribution in [1.29, 1.82) is 0 Å². The Bertz CT molecular complexity index is 640. The Labute approximate surface area is 119 Å². The number of hydrogen-bond donors (Lipinski definition) is 2. The first-order chi connectivity index (χ1) is 9.24. The normalized spacial score (nSPS) is 11.0. The van der Waals surface area contributed by atoms with Gasteiger partial charge < -0.3 is 11.5 Å². The Hall–Kier alpha value is -1.49. The second-order valence-electron chi connectivity index (χ2n) is 3.74. The smallest absolute Gasteiger partial charge is 0.180 e. The summed E-state index contributed by atoms with van der Waals surface area (Å²) >= 11 is 3.06. The molecule has 0 aliphatic heterocycles. The van der Waals surface area contributed by atoms with E-state index >= 15 is 0 Å². The number of hydrogen-bond acceptors (Lipinski definition) is 6. The number of thiazole rings is 2. The molecule has 0 atom stereocenters. The molecule has 2 aromatic heterocycles. The molecule has 0 fully saturated rings. The fourth-order valence-corrected chi connectivity index (χ4v) is 6.78. The summed E-state index contributed by atoms with van der Waals surface area (Å²) in [6, 6.07) is 10.3. The molecule has 0 bridgehead atoms. The molecular weight excluding hydrogens is 295 g/mol. The van der Waals surface area contributed by atoms with Crippen LogP contribution in [0.5, 0.6) is 0 Å². The zero-order chi connectivity index (χ0) is 13.2. The zero-order valence-electron chi connectivity index (χ0n) is 9.85. The van der Waals surface area contributed by atoms with Gasteiger partial charge in [0, 0.05) is 20.3 Å². The second-order valence-corrected chi connectivity index (χ2v) is 8.62. The Kier molecular flexibility index (Phi) is 3.46. The fraction of sp³-hybridized carbons (Fsp3) is 0. The molecule has 0 saturated heterocycles. The molecule has 0 spiro atoms. The van der Waals surface area contributed by atoms with Crippen molar-refractivity contribution in [3.05, 3.63) is 42.7 Å². The van der Waals surface area contributed by atoms with Gasteiger partial charge >= 0.3 is 0 Å². The molecule has 2 heterocycles. The number of aromatic nitrogens is 2. The van der Waals surface area contributed by atoms with Crippen molar-refractivity contribution in [2.24, 2.45) is 0 Å². The highest BCUT2D eigenvalue weighted by atomic mass is 32.1. The molecule has 3 rings (SSSR count). The number of nitrogens with zero attached hydrogens (tertiary/aromatic N) is 2. The highest BCUT2D eigenvalue weighted by Gasteiger charge is 2.21. The number of benzene rings is 1. The first-order valence-corrected chi connectivity index (χ1v) is 8.49. The molecule has 4 N–H and O–H groups in total. The van der Waals surface area contributed by atoms with E-state index in [1.807, 2.05) is 30.6 Å². The predicted octanol–water partition coefficient (Wildman–Crippen LogP) is 1.52. The zero-order valence-corrected chi connectivity index (χ0v) is 12.4. The van der Waals surface area contributed by atoms with E-state index < -0.39 is 7.92 Å². The van der Waals surface area contributed by atoms with Crippen LogP contribution in [0.25, 0.3) is 0 Å². The number of anilines is 2. The summed E-state index contributed by atoms with van der Waals surface area (Å²) in [4.78, 5) is 8.32. The summed E-state index contributed by atoms with van der Waals surface area (Å²) < 4.78 is 2.34. The van der Waals surface area contributed by atoms with E-state index in [0.29, 0.717) is 10.3 Å². The molecule has 4 nitrogen and oxygen atoms in total. The lowest BCUT2D eigenvalue weighted by molar-refractivity contribution is 1.43. The lowest BCUT2D eigenvalue weighted by Gasteiger charge is -2.13. The minimum absolute atomic E-state index is 0.593. The molecule has 0 radical (unpaired) electrons. The van der Waals surface area contributed by atoms with Gasteiger partial charge in [0.15, 0.2) is 10.3 Å². The van der Waals surface area contributed by atoms with Crippen molar-refractivity contribution in [3.63, 3.8) is 0 Å². The van der Waals surface area contributed by atoms with Gasteiger partial charge in [-0.1, -0.05) is 53.0 Å². The first kappa shape index (κ1) is 12.5. The molecule has 7 heteroatoms. The summed E-state index contributed by atoms with van der Waals surface area (Å²) in [7, 11) is -0.652. The maximum atomic E-state index is 5.76. The monoisotopic (exact) mass is 306 g/mol. The molecule has 0 amide bonds. The molecule has 19 heavy (non-hydrogen) atoms. The summed E-state index contributed by atoms with van der Waals surface area (Å²) in [5.41, 5.74) is 11.5. The van der Waals surface area contributed by atoms with Crippen molar-refractivity contribution < 1.29 is 0 Å². The van der Waals surface area contributed by atoms with Crippen LogP contribution in [-0.4, -0.2) is 9.97 Å². The van der Waals surface area contributed by atoms with E-state index in [-0.39, 0.29) is 0 Å². The maximum Gasteiger partial charge on any atom is 0.180 e. The molecule has 1 aromatic carbocycles. The largest absolute Gasteiger partial charge is 0.375 e. The number of nitrogens with two attached hydrogens (primary N) is 2. The predicted molar refractivity (Wildman–Crippen MR) is 85.3 cm³/mol. The summed E-state index contributed by atoms with van der Waals surface area (Å²) in [6.07, 6.45) is 3.71. The summed E-state index contributed by atoms with van der Waals surface area (Å²) in [5.74, 6) is 0. The Morgan fingerprint density at radius 1 is 0.842 bits per heavy atom. The van der Waals surface area contributed by atoms with Crippen LogP contribution in [0.3, 0.4) is 0 Å². The number of nitrogen functional groups attached to an aromatic ring is 2. The fourth-order valence-electron chi connectivity index (χ4n) is 1.70. The third kappa shape index (κ3) is 2.61. The average molecular weight is 306 g/mol. The van der Waals surface area contributed by atoms with Crippen molar-refractivity contribution >= 4 is 55.4 Å². The van der Waals surface area contributed by atoms with Gasteiger partial charge in [0.05, 0.1) is 9.24 Å². The van der Waals surface area contributed by atoms with Crippen LogP contribution < -0.4 is 26.0 Å². The Balaban J connectivity index is 2.11. The lowest BCUT2D eigenvalue weighted by atomic mass is 10.4. The molecule has 0 saturated carbocycles. The van der Waals surface area contributed by atoms with Crippen molar-refractivity contribution in [3.8, 4) is 0 Å². The van der Waals surface area contributed by atoms with E-state index in [0.717, 1.165) is 0 Å². The van der Waals surface area contributed by atoms with E-state index in [1.54, 1.807) is 0 Å². The molecule has 0 aliphatic rings. The lowest BCUT2D eigenvalue weighted by Crippen LogP contribution is -2.16. The molecular formula is C12H11N4PS2. The maximum absolute atomic E-state index is 5.76. The average Bonchev–Trinajstić information content (AvgIpc) is 3.01.